The molecule has 1 rings (SSSR count). The Bertz CT molecular complexity index is 757. The summed E-state index contributed by atoms with van der Waals surface area (Å²) in [6.45, 7) is 5.30. The van der Waals surface area contributed by atoms with E-state index in [0.717, 1.165) is 16.8 Å². The molecule has 2 amide bonds. The third-order valence-corrected chi connectivity index (χ3v) is 3.73. The molecule has 0 unspecified atom stereocenters. The van der Waals surface area contributed by atoms with Crippen molar-refractivity contribution in [3.63, 3.8) is 0 Å². The van der Waals surface area contributed by atoms with Crippen molar-refractivity contribution in [2.45, 2.75) is 33.4 Å². The predicted octanol–water partition coefficient (Wildman–Crippen LogP) is 1.93. The number of carbonyl (C=O) groups is 2. The summed E-state index contributed by atoms with van der Waals surface area (Å²) < 4.78 is 13.2. The lowest BCUT2D eigenvalue weighted by Gasteiger charge is -2.15. The summed E-state index contributed by atoms with van der Waals surface area (Å²) in [6, 6.07) is 5.41. The fourth-order valence-corrected chi connectivity index (χ4v) is 2.32. The normalized spacial score (nSPS) is 13.3. The third kappa shape index (κ3) is 9.14. The van der Waals surface area contributed by atoms with Crippen molar-refractivity contribution < 1.29 is 19.1 Å². The van der Waals surface area contributed by atoms with Crippen LogP contribution in [0.3, 0.4) is 0 Å². The number of aliphatic hydroxyl groups excluding tert-OH is 1. The van der Waals surface area contributed by atoms with E-state index in [1.165, 1.54) is 19.1 Å². The van der Waals surface area contributed by atoms with Gasteiger partial charge in [0.2, 0.25) is 11.8 Å². The maximum absolute atomic E-state index is 13.2. The molecule has 0 bridgehead atoms. The molecule has 1 aromatic rings. The van der Waals surface area contributed by atoms with Gasteiger partial charge in [-0.2, -0.15) is 0 Å². The van der Waals surface area contributed by atoms with Gasteiger partial charge in [-0.1, -0.05) is 30.4 Å². The minimum Gasteiger partial charge on any atom is -0.394 e. The van der Waals surface area contributed by atoms with E-state index in [1.807, 2.05) is 44.2 Å². The molecular formula is C21H28FN3O3. The molecular weight excluding hydrogens is 361 g/mol. The molecule has 0 aromatic heterocycles. The second-order valence-electron chi connectivity index (χ2n) is 6.23. The van der Waals surface area contributed by atoms with Crippen LogP contribution in [0.2, 0.25) is 0 Å². The lowest BCUT2D eigenvalue weighted by molar-refractivity contribution is -0.128. The van der Waals surface area contributed by atoms with Gasteiger partial charge < -0.3 is 21.1 Å². The molecule has 4 N–H and O–H groups in total. The first-order chi connectivity index (χ1) is 13.3. The van der Waals surface area contributed by atoms with E-state index in [4.69, 9.17) is 0 Å². The number of halogens is 1. The maximum atomic E-state index is 13.2. The molecule has 28 heavy (non-hydrogen) atoms. The van der Waals surface area contributed by atoms with Crippen molar-refractivity contribution in [2.75, 3.05) is 13.2 Å². The molecule has 0 heterocycles. The number of carbonyl (C=O) groups excluding carboxylic acids is 2. The molecule has 6 nitrogen and oxygen atoms in total. The monoisotopic (exact) mass is 389 g/mol. The van der Waals surface area contributed by atoms with Crippen LogP contribution in [0.25, 0.3) is 0 Å². The largest absolute Gasteiger partial charge is 0.394 e. The summed E-state index contributed by atoms with van der Waals surface area (Å²) in [6.07, 6.45) is 7.40. The van der Waals surface area contributed by atoms with Crippen LogP contribution in [-0.4, -0.2) is 36.1 Å². The van der Waals surface area contributed by atoms with Gasteiger partial charge in [-0.3, -0.25) is 9.59 Å². The fourth-order valence-electron chi connectivity index (χ4n) is 2.32. The van der Waals surface area contributed by atoms with Crippen LogP contribution in [0, 0.1) is 5.82 Å². The first kappa shape index (κ1) is 23.1. The van der Waals surface area contributed by atoms with Crippen molar-refractivity contribution >= 4 is 11.8 Å². The zero-order chi connectivity index (χ0) is 20.9. The van der Waals surface area contributed by atoms with E-state index in [-0.39, 0.29) is 18.3 Å². The molecule has 1 aromatic carbocycles. The summed E-state index contributed by atoms with van der Waals surface area (Å²) in [7, 11) is 0. The zero-order valence-electron chi connectivity index (χ0n) is 16.5. The van der Waals surface area contributed by atoms with Crippen LogP contribution in [0.5, 0.6) is 0 Å². The Morgan fingerprint density at radius 3 is 2.57 bits per heavy atom. The molecule has 0 saturated carbocycles. The highest BCUT2D eigenvalue weighted by Crippen LogP contribution is 2.04. The Morgan fingerprint density at radius 1 is 1.21 bits per heavy atom. The quantitative estimate of drug-likeness (QED) is 0.460. The Hall–Kier alpha value is -2.93. The van der Waals surface area contributed by atoms with Crippen LogP contribution in [0.4, 0.5) is 4.39 Å². The molecule has 152 valence electrons. The second-order valence-corrected chi connectivity index (χ2v) is 6.23. The maximum Gasteiger partial charge on any atom is 0.245 e. The topological polar surface area (TPSA) is 90.5 Å². The molecule has 0 saturated heterocycles. The summed E-state index contributed by atoms with van der Waals surface area (Å²) in [5.41, 5.74) is 2.55. The highest BCUT2D eigenvalue weighted by molar-refractivity contribution is 5.87. The lowest BCUT2D eigenvalue weighted by atomic mass is 10.2. The van der Waals surface area contributed by atoms with Crippen LogP contribution in [0.1, 0.15) is 26.3 Å². The number of rotatable bonds is 10. The molecule has 0 aliphatic heterocycles. The summed E-state index contributed by atoms with van der Waals surface area (Å²) in [4.78, 5) is 23.1. The van der Waals surface area contributed by atoms with Crippen molar-refractivity contribution in [2.24, 2.45) is 0 Å². The predicted molar refractivity (Wildman–Crippen MR) is 108 cm³/mol. The Balaban J connectivity index is 2.65. The van der Waals surface area contributed by atoms with Crippen LogP contribution < -0.4 is 16.0 Å². The molecule has 0 aliphatic rings. The highest BCUT2D eigenvalue weighted by Gasteiger charge is 2.17. The summed E-state index contributed by atoms with van der Waals surface area (Å²) >= 11 is 0. The van der Waals surface area contributed by atoms with E-state index in [9.17, 15) is 19.1 Å². The first-order valence-electron chi connectivity index (χ1n) is 8.99. The Morgan fingerprint density at radius 2 is 1.96 bits per heavy atom. The standard InChI is InChI=1S/C21H28FN3O3/c1-4-6-17(12-24-21(28)20(14-26)25-16(3)27)10-9-15(2)23-13-18-7-5-8-19(22)11-18/h4-11,20,23,26H,12-14H2,1-3H3,(H,24,28)(H,25,27)/b6-4-,15-9+,17-10+/t20-/m1/s1. The average molecular weight is 389 g/mol. The Kier molecular flexibility index (Phi) is 10.3. The molecule has 0 spiro atoms. The minimum atomic E-state index is -0.977. The van der Waals surface area contributed by atoms with Crippen LogP contribution >= 0.6 is 0 Å². The average Bonchev–Trinajstić information content (AvgIpc) is 2.66. The second kappa shape index (κ2) is 12.5. The van der Waals surface area contributed by atoms with Gasteiger partial charge in [0.15, 0.2) is 0 Å². The van der Waals surface area contributed by atoms with Gasteiger partial charge in [0.05, 0.1) is 6.61 Å². The van der Waals surface area contributed by atoms with E-state index in [1.54, 1.807) is 6.07 Å². The summed E-state index contributed by atoms with van der Waals surface area (Å²) in [5.74, 6) is -1.12. The first-order valence-corrected chi connectivity index (χ1v) is 8.99. The van der Waals surface area contributed by atoms with E-state index in [2.05, 4.69) is 16.0 Å². The molecule has 1 atom stereocenters. The fraction of sp³-hybridized carbons (Fsp3) is 0.333. The van der Waals surface area contributed by atoms with Crippen molar-refractivity contribution in [3.05, 3.63) is 71.2 Å². The Labute approximate surface area is 165 Å². The van der Waals surface area contributed by atoms with Crippen molar-refractivity contribution in [3.8, 4) is 0 Å². The SMILES string of the molecule is C\C=C/C(=C\C=C(/C)NCc1cccc(F)c1)CNC(=O)[C@@H](CO)NC(C)=O. The molecule has 0 fully saturated rings. The summed E-state index contributed by atoms with van der Waals surface area (Å²) in [5, 5.41) is 17.5. The van der Waals surface area contributed by atoms with Gasteiger partial charge in [-0.15, -0.1) is 0 Å². The number of aliphatic hydroxyl groups is 1. The molecule has 0 aliphatic carbocycles. The van der Waals surface area contributed by atoms with Gasteiger partial charge in [-0.25, -0.2) is 4.39 Å². The molecule has 7 heteroatoms. The van der Waals surface area contributed by atoms with Crippen molar-refractivity contribution in [1.82, 2.24) is 16.0 Å². The van der Waals surface area contributed by atoms with Crippen molar-refractivity contribution in [1.29, 1.82) is 0 Å². The minimum absolute atomic E-state index is 0.243. The van der Waals surface area contributed by atoms with E-state index < -0.39 is 18.6 Å². The highest BCUT2D eigenvalue weighted by atomic mass is 19.1. The van der Waals surface area contributed by atoms with E-state index >= 15 is 0 Å². The number of amides is 2. The van der Waals surface area contributed by atoms with Gasteiger partial charge >= 0.3 is 0 Å². The third-order valence-electron chi connectivity index (χ3n) is 3.73. The zero-order valence-corrected chi connectivity index (χ0v) is 16.5. The number of allylic oxidation sites excluding steroid dienone is 4. The number of hydrogen-bond acceptors (Lipinski definition) is 4. The van der Waals surface area contributed by atoms with E-state index in [0.29, 0.717) is 6.54 Å². The number of nitrogens with one attached hydrogen (secondary N) is 3. The van der Waals surface area contributed by atoms with Gasteiger partial charge in [0, 0.05) is 25.7 Å². The lowest BCUT2D eigenvalue weighted by Crippen LogP contribution is -2.48. The molecule has 0 radical (unpaired) electrons. The van der Waals surface area contributed by atoms with Crippen LogP contribution in [0.15, 0.2) is 59.8 Å². The van der Waals surface area contributed by atoms with Gasteiger partial charge in [-0.05, 0) is 43.2 Å². The number of hydrogen-bond donors (Lipinski definition) is 4. The van der Waals surface area contributed by atoms with Gasteiger partial charge in [0.1, 0.15) is 11.9 Å². The van der Waals surface area contributed by atoms with Crippen LogP contribution in [-0.2, 0) is 16.1 Å². The number of benzene rings is 1. The van der Waals surface area contributed by atoms with Gasteiger partial charge in [0.25, 0.3) is 0 Å². The smallest absolute Gasteiger partial charge is 0.245 e.